The first-order valence-corrected chi connectivity index (χ1v) is 7.20. The summed E-state index contributed by atoms with van der Waals surface area (Å²) in [7, 11) is 0. The number of rotatable bonds is 4. The number of nitrogens with zero attached hydrogens (tertiary/aromatic N) is 1. The fraction of sp³-hybridized carbons (Fsp3) is 0.143. The lowest BCUT2D eigenvalue weighted by Crippen LogP contribution is -2.26. The standard InChI is InChI=1S/C14H12Cl3N3O/c15-14(16,17)9-19-20-13(21)8-18-12-7-3-5-10-4-1-2-6-11(10)12/h1-7,9,18H,8H2,(H,20,21)/b19-9-. The van der Waals surface area contributed by atoms with E-state index in [0.717, 1.165) is 22.7 Å². The molecule has 110 valence electrons. The van der Waals surface area contributed by atoms with Crippen LogP contribution in [-0.2, 0) is 4.79 Å². The molecule has 2 N–H and O–H groups in total. The van der Waals surface area contributed by atoms with Gasteiger partial charge in [0.2, 0.25) is 3.79 Å². The fourth-order valence-electron chi connectivity index (χ4n) is 1.77. The van der Waals surface area contributed by atoms with Gasteiger partial charge in [-0.05, 0) is 11.5 Å². The quantitative estimate of drug-likeness (QED) is 0.504. The van der Waals surface area contributed by atoms with E-state index in [2.05, 4.69) is 15.8 Å². The van der Waals surface area contributed by atoms with Crippen LogP contribution in [0.4, 0.5) is 5.69 Å². The summed E-state index contributed by atoms with van der Waals surface area (Å²) in [5.41, 5.74) is 3.14. The first kappa shape index (κ1) is 15.9. The lowest BCUT2D eigenvalue weighted by molar-refractivity contribution is -0.119. The van der Waals surface area contributed by atoms with E-state index in [4.69, 9.17) is 34.8 Å². The number of carbonyl (C=O) groups excluding carboxylic acids is 1. The number of carbonyl (C=O) groups is 1. The summed E-state index contributed by atoms with van der Waals surface area (Å²) < 4.78 is -1.63. The summed E-state index contributed by atoms with van der Waals surface area (Å²) in [5.74, 6) is -0.339. The lowest BCUT2D eigenvalue weighted by atomic mass is 10.1. The second kappa shape index (κ2) is 6.98. The van der Waals surface area contributed by atoms with Gasteiger partial charge in [-0.15, -0.1) is 0 Å². The van der Waals surface area contributed by atoms with E-state index in [9.17, 15) is 4.79 Å². The number of nitrogens with one attached hydrogen (secondary N) is 2. The van der Waals surface area contributed by atoms with Crippen molar-refractivity contribution in [3.63, 3.8) is 0 Å². The molecule has 0 aromatic heterocycles. The highest BCUT2D eigenvalue weighted by Gasteiger charge is 2.15. The monoisotopic (exact) mass is 343 g/mol. The maximum absolute atomic E-state index is 11.6. The number of fused-ring (bicyclic) bond motifs is 1. The molecule has 1 amide bonds. The molecule has 0 saturated carbocycles. The Morgan fingerprint density at radius 1 is 1.14 bits per heavy atom. The molecule has 2 aromatic carbocycles. The molecule has 0 aliphatic heterocycles. The van der Waals surface area contributed by atoms with Crippen molar-refractivity contribution in [1.82, 2.24) is 5.43 Å². The maximum Gasteiger partial charge on any atom is 0.259 e. The van der Waals surface area contributed by atoms with Gasteiger partial charge in [0.1, 0.15) is 0 Å². The van der Waals surface area contributed by atoms with Gasteiger partial charge in [0.25, 0.3) is 5.91 Å². The van der Waals surface area contributed by atoms with Crippen molar-refractivity contribution in [3.05, 3.63) is 42.5 Å². The zero-order valence-electron chi connectivity index (χ0n) is 10.8. The zero-order valence-corrected chi connectivity index (χ0v) is 13.1. The Kier molecular flexibility index (Phi) is 5.28. The van der Waals surface area contributed by atoms with Crippen LogP contribution >= 0.6 is 34.8 Å². The molecule has 2 aromatic rings. The van der Waals surface area contributed by atoms with Crippen LogP contribution in [0.15, 0.2) is 47.6 Å². The van der Waals surface area contributed by atoms with Crippen molar-refractivity contribution in [1.29, 1.82) is 0 Å². The smallest absolute Gasteiger partial charge is 0.259 e. The first-order chi connectivity index (χ1) is 9.96. The molecular formula is C14H12Cl3N3O. The third-order valence-electron chi connectivity index (χ3n) is 2.63. The number of halogens is 3. The van der Waals surface area contributed by atoms with Gasteiger partial charge in [0.15, 0.2) is 0 Å². The number of hydrazone groups is 1. The van der Waals surface area contributed by atoms with Gasteiger partial charge in [0, 0.05) is 11.1 Å². The van der Waals surface area contributed by atoms with Gasteiger partial charge in [-0.1, -0.05) is 71.2 Å². The van der Waals surface area contributed by atoms with Crippen molar-refractivity contribution >= 4 is 63.4 Å². The number of amides is 1. The average Bonchev–Trinajstić information content (AvgIpc) is 2.43. The summed E-state index contributed by atoms with van der Waals surface area (Å²) in [6, 6.07) is 13.7. The van der Waals surface area contributed by atoms with E-state index in [1.54, 1.807) is 0 Å². The molecule has 0 bridgehead atoms. The van der Waals surface area contributed by atoms with Crippen LogP contribution in [0.25, 0.3) is 10.8 Å². The Bertz CT molecular complexity index is 663. The number of hydrogen-bond donors (Lipinski definition) is 2. The van der Waals surface area contributed by atoms with Crippen molar-refractivity contribution < 1.29 is 4.79 Å². The van der Waals surface area contributed by atoms with Crippen molar-refractivity contribution in [2.45, 2.75) is 3.79 Å². The number of alkyl halides is 3. The maximum atomic E-state index is 11.6. The van der Waals surface area contributed by atoms with E-state index in [0.29, 0.717) is 0 Å². The molecule has 0 radical (unpaired) electrons. The van der Waals surface area contributed by atoms with Crippen molar-refractivity contribution in [2.24, 2.45) is 5.10 Å². The minimum Gasteiger partial charge on any atom is -0.376 e. The summed E-state index contributed by atoms with van der Waals surface area (Å²) in [4.78, 5) is 11.6. The molecule has 0 unspecified atom stereocenters. The molecule has 0 heterocycles. The summed E-state index contributed by atoms with van der Waals surface area (Å²) in [5, 5.41) is 8.74. The topological polar surface area (TPSA) is 53.5 Å². The fourth-order valence-corrected chi connectivity index (χ4v) is 1.92. The summed E-state index contributed by atoms with van der Waals surface area (Å²) in [6.45, 7) is 0.0607. The van der Waals surface area contributed by atoms with Gasteiger partial charge in [-0.2, -0.15) is 5.10 Å². The molecule has 0 aliphatic carbocycles. The van der Waals surface area contributed by atoms with Gasteiger partial charge >= 0.3 is 0 Å². The SMILES string of the molecule is O=C(CNc1cccc2ccccc12)N/N=C\C(Cl)(Cl)Cl. The molecule has 0 saturated heterocycles. The van der Waals surface area contributed by atoms with Crippen LogP contribution in [0.1, 0.15) is 0 Å². The van der Waals surface area contributed by atoms with Gasteiger partial charge in [0.05, 0.1) is 12.8 Å². The normalized spacial score (nSPS) is 11.8. The molecule has 0 fully saturated rings. The van der Waals surface area contributed by atoms with Crippen molar-refractivity contribution in [2.75, 3.05) is 11.9 Å². The van der Waals surface area contributed by atoms with E-state index in [1.165, 1.54) is 0 Å². The predicted octanol–water partition coefficient (Wildman–Crippen LogP) is 3.72. The highest BCUT2D eigenvalue weighted by molar-refractivity contribution is 6.74. The lowest BCUT2D eigenvalue weighted by Gasteiger charge is -2.09. The molecule has 7 heteroatoms. The summed E-state index contributed by atoms with van der Waals surface area (Å²) >= 11 is 16.4. The Morgan fingerprint density at radius 2 is 1.86 bits per heavy atom. The van der Waals surface area contributed by atoms with Crippen LogP contribution < -0.4 is 10.7 Å². The molecule has 21 heavy (non-hydrogen) atoms. The Balaban J connectivity index is 1.96. The van der Waals surface area contributed by atoms with E-state index < -0.39 is 3.79 Å². The van der Waals surface area contributed by atoms with Crippen LogP contribution in [0, 0.1) is 0 Å². The minimum absolute atomic E-state index is 0.0607. The molecule has 4 nitrogen and oxygen atoms in total. The Morgan fingerprint density at radius 3 is 2.62 bits per heavy atom. The third kappa shape index (κ3) is 5.08. The molecule has 0 atom stereocenters. The predicted molar refractivity (Wildman–Crippen MR) is 89.4 cm³/mol. The molecule has 0 spiro atoms. The largest absolute Gasteiger partial charge is 0.376 e. The van der Waals surface area contributed by atoms with E-state index in [-0.39, 0.29) is 12.5 Å². The van der Waals surface area contributed by atoms with Gasteiger partial charge in [-0.25, -0.2) is 5.43 Å². The average molecular weight is 345 g/mol. The van der Waals surface area contributed by atoms with Gasteiger partial charge < -0.3 is 5.32 Å². The third-order valence-corrected chi connectivity index (χ3v) is 2.92. The van der Waals surface area contributed by atoms with Gasteiger partial charge in [-0.3, -0.25) is 4.79 Å². The highest BCUT2D eigenvalue weighted by Crippen LogP contribution is 2.23. The molecule has 0 aliphatic rings. The minimum atomic E-state index is -1.63. The van der Waals surface area contributed by atoms with Crippen LogP contribution in [0.2, 0.25) is 0 Å². The Hall–Kier alpha value is -1.49. The van der Waals surface area contributed by atoms with Crippen LogP contribution in [-0.4, -0.2) is 22.5 Å². The molecular weight excluding hydrogens is 333 g/mol. The number of anilines is 1. The van der Waals surface area contributed by atoms with Crippen molar-refractivity contribution in [3.8, 4) is 0 Å². The second-order valence-corrected chi connectivity index (χ2v) is 6.58. The second-order valence-electron chi connectivity index (χ2n) is 4.22. The highest BCUT2D eigenvalue weighted by atomic mass is 35.6. The van der Waals surface area contributed by atoms with E-state index in [1.807, 2.05) is 42.5 Å². The van der Waals surface area contributed by atoms with E-state index >= 15 is 0 Å². The first-order valence-electron chi connectivity index (χ1n) is 6.07. The summed E-state index contributed by atoms with van der Waals surface area (Å²) in [6.07, 6.45) is 1.02. The molecule has 2 rings (SSSR count). The van der Waals surface area contributed by atoms with Crippen LogP contribution in [0.3, 0.4) is 0 Å². The number of hydrogen-bond acceptors (Lipinski definition) is 3. The zero-order chi connectivity index (χ0) is 15.3. The van der Waals surface area contributed by atoms with Crippen LogP contribution in [0.5, 0.6) is 0 Å². The number of benzene rings is 2. The Labute approximate surface area is 137 Å².